The zero-order valence-electron chi connectivity index (χ0n) is 16.1. The van der Waals surface area contributed by atoms with Gasteiger partial charge in [0.05, 0.1) is 5.56 Å². The fraction of sp³-hybridized carbons (Fsp3) is 0.381. The van der Waals surface area contributed by atoms with Crippen molar-refractivity contribution in [3.63, 3.8) is 0 Å². The predicted molar refractivity (Wildman–Crippen MR) is 102 cm³/mol. The Balaban J connectivity index is 2.43. The van der Waals surface area contributed by atoms with E-state index >= 15 is 0 Å². The normalized spacial score (nSPS) is 10.5. The van der Waals surface area contributed by atoms with Crippen LogP contribution in [0, 0.1) is 32.1 Å². The molecule has 0 fully saturated rings. The van der Waals surface area contributed by atoms with E-state index in [0.717, 1.165) is 22.1 Å². The molecule has 0 spiro atoms. The minimum atomic E-state index is -0.576. The lowest BCUT2D eigenvalue weighted by molar-refractivity contribution is 0.0915. The van der Waals surface area contributed by atoms with Crippen molar-refractivity contribution in [3.05, 3.63) is 56.4 Å². The fourth-order valence-electron chi connectivity index (χ4n) is 3.05. The molecule has 0 saturated carbocycles. The van der Waals surface area contributed by atoms with Gasteiger partial charge in [-0.3, -0.25) is 14.2 Å². The van der Waals surface area contributed by atoms with E-state index in [0.29, 0.717) is 12.2 Å². The first-order chi connectivity index (χ1) is 12.8. The SMILES string of the molecule is CCCCn1c(O)c(C(=O)COc2c(C)cccc2C)c(C)c(C#N)c1=O. The van der Waals surface area contributed by atoms with Crippen LogP contribution in [0.2, 0.25) is 0 Å². The van der Waals surface area contributed by atoms with Crippen LogP contribution in [0.1, 0.15) is 52.4 Å². The summed E-state index contributed by atoms with van der Waals surface area (Å²) in [6.07, 6.45) is 1.45. The van der Waals surface area contributed by atoms with E-state index in [1.54, 1.807) is 0 Å². The van der Waals surface area contributed by atoms with Crippen LogP contribution >= 0.6 is 0 Å². The van der Waals surface area contributed by atoms with E-state index in [4.69, 9.17) is 4.74 Å². The third-order valence-electron chi connectivity index (χ3n) is 4.57. The largest absolute Gasteiger partial charge is 0.494 e. The summed E-state index contributed by atoms with van der Waals surface area (Å²) in [5, 5.41) is 19.9. The van der Waals surface area contributed by atoms with E-state index in [-0.39, 0.29) is 29.8 Å². The molecule has 1 aromatic heterocycles. The summed E-state index contributed by atoms with van der Waals surface area (Å²) in [5.41, 5.74) is 1.24. The smallest absolute Gasteiger partial charge is 0.271 e. The van der Waals surface area contributed by atoms with Crippen molar-refractivity contribution >= 4 is 5.78 Å². The van der Waals surface area contributed by atoms with Gasteiger partial charge in [-0.2, -0.15) is 5.26 Å². The number of pyridine rings is 1. The lowest BCUT2D eigenvalue weighted by Gasteiger charge is -2.16. The van der Waals surface area contributed by atoms with Gasteiger partial charge in [0.25, 0.3) is 5.56 Å². The zero-order chi connectivity index (χ0) is 20.1. The molecular weight excluding hydrogens is 344 g/mol. The number of carbonyl (C=O) groups excluding carboxylic acids is 1. The summed E-state index contributed by atoms with van der Waals surface area (Å²) >= 11 is 0. The molecule has 0 saturated heterocycles. The number of aryl methyl sites for hydroxylation is 2. The number of benzene rings is 1. The average molecular weight is 368 g/mol. The number of hydrogen-bond donors (Lipinski definition) is 1. The van der Waals surface area contributed by atoms with Gasteiger partial charge in [0.2, 0.25) is 11.7 Å². The maximum Gasteiger partial charge on any atom is 0.271 e. The van der Waals surface area contributed by atoms with Gasteiger partial charge in [0.1, 0.15) is 17.4 Å². The van der Waals surface area contributed by atoms with Crippen molar-refractivity contribution in [1.29, 1.82) is 5.26 Å². The number of nitrogens with zero attached hydrogens (tertiary/aromatic N) is 2. The number of Topliss-reactive ketones (excluding diaryl/α,β-unsaturated/α-hetero) is 1. The third-order valence-corrected chi connectivity index (χ3v) is 4.57. The maximum absolute atomic E-state index is 12.8. The second-order valence-electron chi connectivity index (χ2n) is 6.55. The van der Waals surface area contributed by atoms with Crippen molar-refractivity contribution in [2.45, 2.75) is 47.1 Å². The molecular formula is C21H24N2O4. The number of rotatable bonds is 7. The van der Waals surface area contributed by atoms with Crippen molar-refractivity contribution < 1.29 is 14.6 Å². The highest BCUT2D eigenvalue weighted by Crippen LogP contribution is 2.25. The molecule has 2 aromatic rings. The molecule has 6 nitrogen and oxygen atoms in total. The lowest BCUT2D eigenvalue weighted by atomic mass is 10.0. The van der Waals surface area contributed by atoms with Gasteiger partial charge in [-0.05, 0) is 43.9 Å². The number of para-hydroxylation sites is 1. The Labute approximate surface area is 158 Å². The summed E-state index contributed by atoms with van der Waals surface area (Å²) in [5.74, 6) is -0.266. The van der Waals surface area contributed by atoms with E-state index in [1.807, 2.05) is 45.0 Å². The van der Waals surface area contributed by atoms with Crippen molar-refractivity contribution in [1.82, 2.24) is 4.57 Å². The summed E-state index contributed by atoms with van der Waals surface area (Å²) in [6.45, 7) is 7.16. The van der Waals surface area contributed by atoms with E-state index in [1.165, 1.54) is 6.92 Å². The number of aromatic hydroxyl groups is 1. The fourth-order valence-corrected chi connectivity index (χ4v) is 3.05. The first-order valence-electron chi connectivity index (χ1n) is 8.92. The zero-order valence-corrected chi connectivity index (χ0v) is 16.1. The number of ether oxygens (including phenoxy) is 1. The highest BCUT2D eigenvalue weighted by molar-refractivity contribution is 6.01. The van der Waals surface area contributed by atoms with Gasteiger partial charge in [-0.15, -0.1) is 0 Å². The summed E-state index contributed by atoms with van der Waals surface area (Å²) in [6, 6.07) is 7.52. The Kier molecular flexibility index (Phi) is 6.40. The Bertz CT molecular complexity index is 947. The van der Waals surface area contributed by atoms with Gasteiger partial charge in [0.15, 0.2) is 6.61 Å². The van der Waals surface area contributed by atoms with Gasteiger partial charge < -0.3 is 9.84 Å². The molecule has 6 heteroatoms. The predicted octanol–water partition coefficient (Wildman–Crippen LogP) is 3.41. The second kappa shape index (κ2) is 8.54. The number of carbonyl (C=O) groups is 1. The number of ketones is 1. The van der Waals surface area contributed by atoms with E-state index < -0.39 is 17.2 Å². The van der Waals surface area contributed by atoms with Crippen molar-refractivity contribution in [2.75, 3.05) is 6.61 Å². The second-order valence-corrected chi connectivity index (χ2v) is 6.55. The molecule has 0 radical (unpaired) electrons. The molecule has 0 aliphatic heterocycles. The molecule has 2 rings (SSSR count). The summed E-state index contributed by atoms with van der Waals surface area (Å²) in [4.78, 5) is 25.2. The quantitative estimate of drug-likeness (QED) is 0.756. The molecule has 142 valence electrons. The van der Waals surface area contributed by atoms with Crippen LogP contribution in [0.4, 0.5) is 0 Å². The average Bonchev–Trinajstić information content (AvgIpc) is 2.61. The minimum Gasteiger partial charge on any atom is -0.494 e. The molecule has 27 heavy (non-hydrogen) atoms. The lowest BCUT2D eigenvalue weighted by Crippen LogP contribution is -2.27. The molecule has 0 aliphatic rings. The van der Waals surface area contributed by atoms with Crippen LogP contribution in [0.3, 0.4) is 0 Å². The molecule has 0 bridgehead atoms. The molecule has 1 N–H and O–H groups in total. The number of unbranched alkanes of at least 4 members (excludes halogenated alkanes) is 1. The van der Waals surface area contributed by atoms with Gasteiger partial charge in [0, 0.05) is 6.54 Å². The van der Waals surface area contributed by atoms with E-state index in [2.05, 4.69) is 0 Å². The van der Waals surface area contributed by atoms with Crippen LogP contribution in [0.25, 0.3) is 0 Å². The Morgan fingerprint density at radius 1 is 1.26 bits per heavy atom. The van der Waals surface area contributed by atoms with Gasteiger partial charge >= 0.3 is 0 Å². The summed E-state index contributed by atoms with van der Waals surface area (Å²) < 4.78 is 6.79. The van der Waals surface area contributed by atoms with Gasteiger partial charge in [-0.1, -0.05) is 31.5 Å². The number of aromatic nitrogens is 1. The van der Waals surface area contributed by atoms with Crippen LogP contribution in [-0.4, -0.2) is 22.1 Å². The Hall–Kier alpha value is -3.07. The molecule has 1 aromatic carbocycles. The number of hydrogen-bond acceptors (Lipinski definition) is 5. The molecule has 1 heterocycles. The van der Waals surface area contributed by atoms with E-state index in [9.17, 15) is 20.0 Å². The molecule has 0 unspecified atom stereocenters. The molecule has 0 amide bonds. The van der Waals surface area contributed by atoms with Crippen LogP contribution in [-0.2, 0) is 6.54 Å². The first kappa shape index (κ1) is 20.2. The van der Waals surface area contributed by atoms with Crippen LogP contribution < -0.4 is 10.3 Å². The minimum absolute atomic E-state index is 0.0338. The molecule has 0 atom stereocenters. The highest BCUT2D eigenvalue weighted by Gasteiger charge is 2.24. The number of nitriles is 1. The summed E-state index contributed by atoms with van der Waals surface area (Å²) in [7, 11) is 0. The molecule has 0 aliphatic carbocycles. The topological polar surface area (TPSA) is 92.3 Å². The van der Waals surface area contributed by atoms with Crippen molar-refractivity contribution in [3.8, 4) is 17.7 Å². The monoisotopic (exact) mass is 368 g/mol. The Morgan fingerprint density at radius 3 is 2.44 bits per heavy atom. The standard InChI is InChI=1S/C21H24N2O4/c1-5-6-10-23-20(25)16(11-22)15(4)18(21(23)26)17(24)12-27-19-13(2)8-7-9-14(19)3/h7-9,26H,5-6,10,12H2,1-4H3. The van der Waals surface area contributed by atoms with Crippen LogP contribution in [0.5, 0.6) is 11.6 Å². The Morgan fingerprint density at radius 2 is 1.89 bits per heavy atom. The van der Waals surface area contributed by atoms with Crippen molar-refractivity contribution in [2.24, 2.45) is 0 Å². The van der Waals surface area contributed by atoms with Gasteiger partial charge in [-0.25, -0.2) is 0 Å². The third kappa shape index (κ3) is 4.03. The maximum atomic E-state index is 12.8. The van der Waals surface area contributed by atoms with Crippen LogP contribution in [0.15, 0.2) is 23.0 Å². The highest BCUT2D eigenvalue weighted by atomic mass is 16.5. The first-order valence-corrected chi connectivity index (χ1v) is 8.92.